The highest BCUT2D eigenvalue weighted by Crippen LogP contribution is 2.31. The molecular formula is C27H20BrFN2O4S. The Labute approximate surface area is 220 Å². The minimum absolute atomic E-state index is 0.0393. The molecule has 3 rings (SSSR count). The van der Waals surface area contributed by atoms with E-state index < -0.39 is 11.8 Å². The van der Waals surface area contributed by atoms with Crippen LogP contribution in [0.15, 0.2) is 52.5 Å². The van der Waals surface area contributed by atoms with Crippen LogP contribution in [0.4, 0.5) is 4.39 Å². The van der Waals surface area contributed by atoms with Gasteiger partial charge in [-0.1, -0.05) is 24.3 Å². The monoisotopic (exact) mass is 566 g/mol. The Morgan fingerprint density at radius 3 is 2.58 bits per heavy atom. The highest BCUT2D eigenvalue weighted by molar-refractivity contribution is 9.10. The number of rotatable bonds is 9. The number of carbonyl (C=O) groups is 2. The largest absolute Gasteiger partial charge is 0.488 e. The predicted octanol–water partition coefficient (Wildman–Crippen LogP) is 6.30. The van der Waals surface area contributed by atoms with Crippen LogP contribution in [0.25, 0.3) is 6.08 Å². The number of nitriles is 2. The molecule has 0 saturated carbocycles. The Morgan fingerprint density at radius 1 is 1.19 bits per heavy atom. The van der Waals surface area contributed by atoms with Crippen molar-refractivity contribution in [1.82, 2.24) is 0 Å². The Balaban J connectivity index is 1.78. The van der Waals surface area contributed by atoms with Gasteiger partial charge in [0, 0.05) is 16.9 Å². The van der Waals surface area contributed by atoms with Crippen LogP contribution in [0.1, 0.15) is 43.7 Å². The van der Waals surface area contributed by atoms with Crippen LogP contribution in [0, 0.1) is 35.4 Å². The zero-order valence-electron chi connectivity index (χ0n) is 19.4. The maximum Gasteiger partial charge on any atom is 0.348 e. The summed E-state index contributed by atoms with van der Waals surface area (Å²) in [6, 6.07) is 15.3. The molecule has 0 N–H and O–H groups in total. The maximum atomic E-state index is 13.8. The quantitative estimate of drug-likeness (QED) is 0.171. The molecule has 1 heterocycles. The zero-order chi connectivity index (χ0) is 26.2. The highest BCUT2D eigenvalue weighted by Gasteiger charge is 2.23. The number of benzene rings is 2. The van der Waals surface area contributed by atoms with Crippen LogP contribution in [0.3, 0.4) is 0 Å². The summed E-state index contributed by atoms with van der Waals surface area (Å²) in [4.78, 5) is 25.7. The van der Waals surface area contributed by atoms with E-state index in [2.05, 4.69) is 15.9 Å². The van der Waals surface area contributed by atoms with E-state index in [4.69, 9.17) is 9.47 Å². The molecule has 36 heavy (non-hydrogen) atoms. The molecule has 0 bridgehead atoms. The second kappa shape index (κ2) is 12.3. The molecule has 1 aromatic heterocycles. The summed E-state index contributed by atoms with van der Waals surface area (Å²) in [6.45, 7) is 3.54. The SMILES string of the molecule is CCOC(=O)c1sc(CC(=O)/C(C#N)=C/c2ccc(OCc3ccccc3F)c(Br)c2)c(C#N)c1C. The first-order valence-electron chi connectivity index (χ1n) is 10.8. The van der Waals surface area contributed by atoms with Crippen molar-refractivity contribution in [3.05, 3.63) is 90.3 Å². The molecule has 6 nitrogen and oxygen atoms in total. The molecule has 0 amide bonds. The molecule has 3 aromatic rings. The average molecular weight is 567 g/mol. The molecule has 0 saturated heterocycles. The van der Waals surface area contributed by atoms with Crippen LogP contribution >= 0.6 is 27.3 Å². The molecule has 182 valence electrons. The summed E-state index contributed by atoms with van der Waals surface area (Å²) < 4.78 is 25.1. The highest BCUT2D eigenvalue weighted by atomic mass is 79.9. The molecule has 0 aliphatic rings. The van der Waals surface area contributed by atoms with Crippen molar-refractivity contribution < 1.29 is 23.5 Å². The van der Waals surface area contributed by atoms with Gasteiger partial charge in [-0.15, -0.1) is 11.3 Å². The number of allylic oxidation sites excluding steroid dienone is 1. The third-order valence-electron chi connectivity index (χ3n) is 5.14. The topological polar surface area (TPSA) is 100 Å². The molecule has 2 aromatic carbocycles. The maximum absolute atomic E-state index is 13.8. The number of halogens is 2. The minimum Gasteiger partial charge on any atom is -0.488 e. The Bertz CT molecular complexity index is 1430. The summed E-state index contributed by atoms with van der Waals surface area (Å²) in [5.41, 5.74) is 1.58. The summed E-state index contributed by atoms with van der Waals surface area (Å²) in [5.74, 6) is -0.922. The fourth-order valence-corrected chi connectivity index (χ4v) is 4.97. The lowest BCUT2D eigenvalue weighted by Gasteiger charge is -2.09. The van der Waals surface area contributed by atoms with E-state index >= 15 is 0 Å². The molecule has 0 aliphatic carbocycles. The van der Waals surface area contributed by atoms with E-state index in [-0.39, 0.29) is 41.5 Å². The number of esters is 1. The molecule has 9 heteroatoms. The Kier molecular flexibility index (Phi) is 9.13. The number of thiophene rings is 1. The van der Waals surface area contributed by atoms with Crippen LogP contribution in [-0.4, -0.2) is 18.4 Å². The summed E-state index contributed by atoms with van der Waals surface area (Å²) >= 11 is 4.43. The summed E-state index contributed by atoms with van der Waals surface area (Å²) in [5, 5.41) is 19.1. The molecule has 0 radical (unpaired) electrons. The van der Waals surface area contributed by atoms with Gasteiger partial charge in [0.2, 0.25) is 0 Å². The van der Waals surface area contributed by atoms with Crippen LogP contribution in [0.5, 0.6) is 5.75 Å². The number of hydrogen-bond acceptors (Lipinski definition) is 7. The number of ether oxygens (including phenoxy) is 2. The van der Waals surface area contributed by atoms with E-state index in [1.807, 2.05) is 12.1 Å². The van der Waals surface area contributed by atoms with Gasteiger partial charge in [-0.25, -0.2) is 9.18 Å². The number of nitrogens with zero attached hydrogens (tertiary/aromatic N) is 2. The Hall–Kier alpha value is -3.79. The normalized spacial score (nSPS) is 10.9. The van der Waals surface area contributed by atoms with Crippen molar-refractivity contribution in [3.8, 4) is 17.9 Å². The first-order valence-corrected chi connectivity index (χ1v) is 12.4. The smallest absolute Gasteiger partial charge is 0.348 e. The van der Waals surface area contributed by atoms with Gasteiger partial charge in [0.05, 0.1) is 22.2 Å². The molecular weight excluding hydrogens is 547 g/mol. The van der Waals surface area contributed by atoms with Crippen molar-refractivity contribution in [2.24, 2.45) is 0 Å². The van der Waals surface area contributed by atoms with Crippen LogP contribution in [-0.2, 0) is 22.6 Å². The third kappa shape index (κ3) is 6.25. The average Bonchev–Trinajstić information content (AvgIpc) is 3.17. The standard InChI is InChI=1S/C27H20BrFN2O4S/c1-3-34-27(33)26-16(2)20(14-31)25(36-26)12-23(32)19(13-30)10-17-8-9-24(21(28)11-17)35-15-18-6-4-5-7-22(18)29/h4-11H,3,12,15H2,1-2H3/b19-10+. The molecule has 0 spiro atoms. The number of hydrogen-bond donors (Lipinski definition) is 0. The summed E-state index contributed by atoms with van der Waals surface area (Å²) in [7, 11) is 0. The lowest BCUT2D eigenvalue weighted by molar-refractivity contribution is -0.114. The van der Waals surface area contributed by atoms with Gasteiger partial charge >= 0.3 is 5.97 Å². The fraction of sp³-hybridized carbons (Fsp3) is 0.185. The molecule has 0 fully saturated rings. The lowest BCUT2D eigenvalue weighted by atomic mass is 10.0. The number of carbonyl (C=O) groups excluding carboxylic acids is 2. The first kappa shape index (κ1) is 26.8. The van der Waals surface area contributed by atoms with E-state index in [0.29, 0.717) is 31.8 Å². The number of Topliss-reactive ketones (excluding diaryl/α,β-unsaturated/α-hetero) is 1. The predicted molar refractivity (Wildman–Crippen MR) is 137 cm³/mol. The van der Waals surface area contributed by atoms with Gasteiger partial charge in [-0.3, -0.25) is 4.79 Å². The summed E-state index contributed by atoms with van der Waals surface area (Å²) in [6.07, 6.45) is 1.24. The van der Waals surface area contributed by atoms with Gasteiger partial charge in [-0.05, 0) is 65.2 Å². The van der Waals surface area contributed by atoms with Gasteiger partial charge < -0.3 is 9.47 Å². The van der Waals surface area contributed by atoms with E-state index in [1.165, 1.54) is 12.1 Å². The van der Waals surface area contributed by atoms with Crippen molar-refractivity contribution >= 4 is 45.1 Å². The molecule has 0 atom stereocenters. The van der Waals surface area contributed by atoms with E-state index in [0.717, 1.165) is 11.3 Å². The van der Waals surface area contributed by atoms with Gasteiger partial charge in [0.15, 0.2) is 5.78 Å². The Morgan fingerprint density at radius 2 is 1.94 bits per heavy atom. The van der Waals surface area contributed by atoms with Crippen molar-refractivity contribution in [2.45, 2.75) is 26.9 Å². The molecule has 0 unspecified atom stereocenters. The third-order valence-corrected chi connectivity index (χ3v) is 7.03. The minimum atomic E-state index is -0.548. The van der Waals surface area contributed by atoms with Gasteiger partial charge in [-0.2, -0.15) is 10.5 Å². The van der Waals surface area contributed by atoms with Crippen molar-refractivity contribution in [3.63, 3.8) is 0 Å². The molecule has 0 aliphatic heterocycles. The fourth-order valence-electron chi connectivity index (χ4n) is 3.31. The first-order chi connectivity index (χ1) is 17.3. The second-order valence-electron chi connectivity index (χ2n) is 7.53. The van der Waals surface area contributed by atoms with Crippen LogP contribution < -0.4 is 4.74 Å². The second-order valence-corrected chi connectivity index (χ2v) is 9.49. The van der Waals surface area contributed by atoms with Gasteiger partial charge in [0.1, 0.15) is 35.2 Å². The van der Waals surface area contributed by atoms with Crippen molar-refractivity contribution in [1.29, 1.82) is 10.5 Å². The van der Waals surface area contributed by atoms with E-state index in [9.17, 15) is 24.5 Å². The lowest BCUT2D eigenvalue weighted by Crippen LogP contribution is -2.05. The van der Waals surface area contributed by atoms with E-state index in [1.54, 1.807) is 50.2 Å². The zero-order valence-corrected chi connectivity index (χ0v) is 21.8. The van der Waals surface area contributed by atoms with Crippen LogP contribution in [0.2, 0.25) is 0 Å². The van der Waals surface area contributed by atoms with Crippen molar-refractivity contribution in [2.75, 3.05) is 6.61 Å². The number of ketones is 1. The van der Waals surface area contributed by atoms with Gasteiger partial charge in [0.25, 0.3) is 0 Å².